The number of aromatic nitrogens is 1. The van der Waals surface area contributed by atoms with Crippen LogP contribution in [0.15, 0.2) is 30.3 Å². The molecule has 2 rings (SSSR count). The lowest BCUT2D eigenvalue weighted by atomic mass is 10.1. The van der Waals surface area contributed by atoms with Crippen LogP contribution < -0.4 is 10.5 Å². The Labute approximate surface area is 104 Å². The first-order valence-electron chi connectivity index (χ1n) is 5.52. The molecule has 1 unspecified atom stereocenters. The third-order valence-electron chi connectivity index (χ3n) is 2.70. The highest BCUT2D eigenvalue weighted by atomic mass is 16.5. The second-order valence-corrected chi connectivity index (χ2v) is 4.01. The highest BCUT2D eigenvalue weighted by Gasteiger charge is 2.13. The van der Waals surface area contributed by atoms with E-state index in [1.165, 1.54) is 0 Å². The zero-order valence-electron chi connectivity index (χ0n) is 9.96. The molecule has 0 saturated carbocycles. The molecule has 18 heavy (non-hydrogen) atoms. The van der Waals surface area contributed by atoms with Gasteiger partial charge in [-0.2, -0.15) is 0 Å². The lowest BCUT2D eigenvalue weighted by molar-refractivity contribution is -0.138. The van der Waals surface area contributed by atoms with Gasteiger partial charge in [0.2, 0.25) is 0 Å². The molecule has 0 aliphatic rings. The molecule has 1 aromatic heterocycles. The van der Waals surface area contributed by atoms with Crippen molar-refractivity contribution in [1.82, 2.24) is 4.98 Å². The van der Waals surface area contributed by atoms with Gasteiger partial charge in [0.15, 0.2) is 0 Å². The van der Waals surface area contributed by atoms with Crippen LogP contribution in [0.3, 0.4) is 0 Å². The SMILES string of the molecule is COc1ccc2ccc(CC(N)C(=O)O)nc2c1. The first-order valence-corrected chi connectivity index (χ1v) is 5.52. The van der Waals surface area contributed by atoms with Gasteiger partial charge in [0.05, 0.1) is 12.6 Å². The fourth-order valence-electron chi connectivity index (χ4n) is 1.69. The summed E-state index contributed by atoms with van der Waals surface area (Å²) < 4.78 is 5.12. The maximum Gasteiger partial charge on any atom is 0.320 e. The van der Waals surface area contributed by atoms with Crippen LogP contribution in [0.25, 0.3) is 10.9 Å². The zero-order valence-corrected chi connectivity index (χ0v) is 9.96. The van der Waals surface area contributed by atoms with Crippen LogP contribution in [0.1, 0.15) is 5.69 Å². The minimum atomic E-state index is -1.03. The summed E-state index contributed by atoms with van der Waals surface area (Å²) in [6, 6.07) is 8.32. The first-order chi connectivity index (χ1) is 8.60. The fourth-order valence-corrected chi connectivity index (χ4v) is 1.69. The topological polar surface area (TPSA) is 85.4 Å². The van der Waals surface area contributed by atoms with Gasteiger partial charge in [0, 0.05) is 23.6 Å². The minimum Gasteiger partial charge on any atom is -0.497 e. The number of benzene rings is 1. The van der Waals surface area contributed by atoms with E-state index in [1.54, 1.807) is 13.2 Å². The summed E-state index contributed by atoms with van der Waals surface area (Å²) in [6.45, 7) is 0. The Morgan fingerprint density at radius 1 is 1.44 bits per heavy atom. The number of pyridine rings is 1. The molecule has 0 aliphatic heterocycles. The van der Waals surface area contributed by atoms with Crippen LogP contribution in [-0.2, 0) is 11.2 Å². The summed E-state index contributed by atoms with van der Waals surface area (Å²) in [7, 11) is 1.59. The predicted molar refractivity (Wildman–Crippen MR) is 67.6 cm³/mol. The number of hydrogen-bond acceptors (Lipinski definition) is 4. The molecule has 0 saturated heterocycles. The average Bonchev–Trinajstić information content (AvgIpc) is 2.37. The minimum absolute atomic E-state index is 0.211. The number of fused-ring (bicyclic) bond motifs is 1. The van der Waals surface area contributed by atoms with Gasteiger partial charge < -0.3 is 15.6 Å². The number of ether oxygens (including phenoxy) is 1. The van der Waals surface area contributed by atoms with Crippen LogP contribution in [0.5, 0.6) is 5.75 Å². The molecule has 0 radical (unpaired) electrons. The fraction of sp³-hybridized carbons (Fsp3) is 0.231. The highest BCUT2D eigenvalue weighted by Crippen LogP contribution is 2.19. The molecule has 1 aromatic carbocycles. The summed E-state index contributed by atoms with van der Waals surface area (Å²) in [5, 5.41) is 9.74. The number of hydrogen-bond donors (Lipinski definition) is 2. The molecule has 94 valence electrons. The third kappa shape index (κ3) is 2.57. The van der Waals surface area contributed by atoms with Gasteiger partial charge >= 0.3 is 5.97 Å². The highest BCUT2D eigenvalue weighted by molar-refractivity contribution is 5.80. The van der Waals surface area contributed by atoms with Crippen molar-refractivity contribution in [3.8, 4) is 5.75 Å². The monoisotopic (exact) mass is 246 g/mol. The second-order valence-electron chi connectivity index (χ2n) is 4.01. The van der Waals surface area contributed by atoms with E-state index in [0.29, 0.717) is 5.69 Å². The number of aliphatic carboxylic acids is 1. The average molecular weight is 246 g/mol. The number of methoxy groups -OCH3 is 1. The Hall–Kier alpha value is -2.14. The maximum atomic E-state index is 10.7. The Bertz CT molecular complexity index is 583. The first kappa shape index (κ1) is 12.3. The lowest BCUT2D eigenvalue weighted by Gasteiger charge is -2.07. The molecule has 0 amide bonds. The van der Waals surface area contributed by atoms with Crippen molar-refractivity contribution in [2.75, 3.05) is 7.11 Å². The van der Waals surface area contributed by atoms with Crippen LogP contribution in [0.2, 0.25) is 0 Å². The van der Waals surface area contributed by atoms with E-state index in [2.05, 4.69) is 4.98 Å². The summed E-state index contributed by atoms with van der Waals surface area (Å²) in [5.41, 5.74) is 6.91. The largest absolute Gasteiger partial charge is 0.497 e. The number of nitrogens with zero attached hydrogens (tertiary/aromatic N) is 1. The molecule has 0 bridgehead atoms. The Balaban J connectivity index is 2.33. The molecule has 2 aromatic rings. The van der Waals surface area contributed by atoms with Crippen LogP contribution in [-0.4, -0.2) is 29.2 Å². The molecule has 5 heteroatoms. The Morgan fingerprint density at radius 3 is 2.83 bits per heavy atom. The van der Waals surface area contributed by atoms with Crippen molar-refractivity contribution in [3.63, 3.8) is 0 Å². The summed E-state index contributed by atoms with van der Waals surface area (Å²) in [4.78, 5) is 15.1. The van der Waals surface area contributed by atoms with E-state index in [4.69, 9.17) is 15.6 Å². The third-order valence-corrected chi connectivity index (χ3v) is 2.70. The van der Waals surface area contributed by atoms with E-state index in [-0.39, 0.29) is 6.42 Å². The maximum absolute atomic E-state index is 10.7. The van der Waals surface area contributed by atoms with E-state index >= 15 is 0 Å². The van der Waals surface area contributed by atoms with E-state index in [9.17, 15) is 4.79 Å². The molecule has 1 heterocycles. The van der Waals surface area contributed by atoms with Crippen molar-refractivity contribution in [2.45, 2.75) is 12.5 Å². The van der Waals surface area contributed by atoms with E-state index in [1.807, 2.05) is 24.3 Å². The number of nitrogens with two attached hydrogens (primary N) is 1. The van der Waals surface area contributed by atoms with Crippen molar-refractivity contribution < 1.29 is 14.6 Å². The Morgan fingerprint density at radius 2 is 2.17 bits per heavy atom. The molecule has 0 spiro atoms. The lowest BCUT2D eigenvalue weighted by Crippen LogP contribution is -2.32. The van der Waals surface area contributed by atoms with Gasteiger partial charge in [-0.15, -0.1) is 0 Å². The number of carboxylic acid groups (broad SMARTS) is 1. The van der Waals surface area contributed by atoms with E-state index < -0.39 is 12.0 Å². The number of rotatable bonds is 4. The zero-order chi connectivity index (χ0) is 13.1. The van der Waals surface area contributed by atoms with Crippen LogP contribution in [0.4, 0.5) is 0 Å². The molecule has 5 nitrogen and oxygen atoms in total. The second kappa shape index (κ2) is 5.01. The molecule has 0 aliphatic carbocycles. The van der Waals surface area contributed by atoms with Gasteiger partial charge in [-0.3, -0.25) is 9.78 Å². The standard InChI is InChI=1S/C13H14N2O3/c1-18-10-5-3-8-2-4-9(15-12(8)7-10)6-11(14)13(16)17/h2-5,7,11H,6,14H2,1H3,(H,16,17). The predicted octanol–water partition coefficient (Wildman–Crippen LogP) is 1.20. The summed E-state index contributed by atoms with van der Waals surface area (Å²) in [6.07, 6.45) is 0.211. The van der Waals surface area contributed by atoms with Crippen LogP contribution in [0, 0.1) is 0 Å². The van der Waals surface area contributed by atoms with Crippen molar-refractivity contribution >= 4 is 16.9 Å². The Kier molecular flexibility index (Phi) is 3.43. The van der Waals surface area contributed by atoms with Gasteiger partial charge in [0.1, 0.15) is 11.8 Å². The smallest absolute Gasteiger partial charge is 0.320 e. The van der Waals surface area contributed by atoms with Crippen molar-refractivity contribution in [3.05, 3.63) is 36.0 Å². The van der Waals surface area contributed by atoms with Crippen molar-refractivity contribution in [1.29, 1.82) is 0 Å². The van der Waals surface area contributed by atoms with Gasteiger partial charge in [-0.05, 0) is 18.2 Å². The molecular formula is C13H14N2O3. The summed E-state index contributed by atoms with van der Waals surface area (Å²) >= 11 is 0. The normalized spacial score (nSPS) is 12.3. The van der Waals surface area contributed by atoms with Gasteiger partial charge in [-0.1, -0.05) is 6.07 Å². The number of carboxylic acids is 1. The van der Waals surface area contributed by atoms with E-state index in [0.717, 1.165) is 16.7 Å². The molecular weight excluding hydrogens is 232 g/mol. The summed E-state index contributed by atoms with van der Waals surface area (Å²) in [5.74, 6) is -0.308. The quantitative estimate of drug-likeness (QED) is 0.846. The van der Waals surface area contributed by atoms with Crippen molar-refractivity contribution in [2.24, 2.45) is 5.73 Å². The number of carbonyl (C=O) groups is 1. The van der Waals surface area contributed by atoms with Gasteiger partial charge in [-0.25, -0.2) is 0 Å². The van der Waals surface area contributed by atoms with Crippen LogP contribution >= 0.6 is 0 Å². The molecule has 3 N–H and O–H groups in total. The molecule has 1 atom stereocenters. The molecule has 0 fully saturated rings. The van der Waals surface area contributed by atoms with Gasteiger partial charge in [0.25, 0.3) is 0 Å².